The number of rotatable bonds is 6. The van der Waals surface area contributed by atoms with Crippen molar-refractivity contribution in [1.29, 1.82) is 0 Å². The van der Waals surface area contributed by atoms with Crippen molar-refractivity contribution in [3.05, 3.63) is 22.2 Å². The zero-order valence-electron chi connectivity index (χ0n) is 10.8. The van der Waals surface area contributed by atoms with E-state index >= 15 is 0 Å². The van der Waals surface area contributed by atoms with Gasteiger partial charge in [0.15, 0.2) is 6.04 Å². The van der Waals surface area contributed by atoms with Gasteiger partial charge in [0.25, 0.3) is 5.91 Å². The number of methoxy groups -OCH3 is 2. The van der Waals surface area contributed by atoms with Gasteiger partial charge in [0, 0.05) is 0 Å². The Balaban J connectivity index is 3.13. The molecule has 1 unspecified atom stereocenters. The van der Waals surface area contributed by atoms with E-state index in [-0.39, 0.29) is 11.3 Å². The Morgan fingerprint density at radius 2 is 2.00 bits per heavy atom. The molecule has 0 heterocycles. The van der Waals surface area contributed by atoms with E-state index in [9.17, 15) is 9.59 Å². The smallest absolute Gasteiger partial charge is 0.328 e. The van der Waals surface area contributed by atoms with Gasteiger partial charge in [-0.3, -0.25) is 4.79 Å². The van der Waals surface area contributed by atoms with Crippen molar-refractivity contribution in [2.75, 3.05) is 20.8 Å². The van der Waals surface area contributed by atoms with E-state index in [1.165, 1.54) is 20.3 Å². The number of carboxylic acids is 1. The maximum atomic E-state index is 12.1. The first kappa shape index (κ1) is 16.3. The highest BCUT2D eigenvalue weighted by Crippen LogP contribution is 2.33. The summed E-state index contributed by atoms with van der Waals surface area (Å²) >= 11 is 3.23. The van der Waals surface area contributed by atoms with E-state index < -0.39 is 24.5 Å². The quantitative estimate of drug-likeness (QED) is 0.697. The van der Waals surface area contributed by atoms with Crippen LogP contribution in [0.1, 0.15) is 10.4 Å². The molecule has 0 saturated heterocycles. The van der Waals surface area contributed by atoms with Crippen LogP contribution >= 0.6 is 15.9 Å². The highest BCUT2D eigenvalue weighted by atomic mass is 79.9. The molecule has 0 aliphatic rings. The molecule has 8 heteroatoms. The third-order valence-corrected chi connectivity index (χ3v) is 3.08. The molecule has 1 atom stereocenters. The van der Waals surface area contributed by atoms with Gasteiger partial charge < -0.3 is 25.0 Å². The zero-order valence-corrected chi connectivity index (χ0v) is 12.4. The van der Waals surface area contributed by atoms with Gasteiger partial charge >= 0.3 is 5.97 Å². The van der Waals surface area contributed by atoms with Crippen molar-refractivity contribution in [2.45, 2.75) is 6.04 Å². The zero-order chi connectivity index (χ0) is 15.3. The first-order valence-electron chi connectivity index (χ1n) is 5.50. The van der Waals surface area contributed by atoms with Gasteiger partial charge in [-0.15, -0.1) is 0 Å². The summed E-state index contributed by atoms with van der Waals surface area (Å²) in [6.07, 6.45) is 0. The van der Waals surface area contributed by atoms with Gasteiger partial charge in [0.2, 0.25) is 0 Å². The fourth-order valence-corrected chi connectivity index (χ4v) is 2.09. The van der Waals surface area contributed by atoms with Crippen molar-refractivity contribution < 1.29 is 29.3 Å². The number of amides is 1. The number of carboxylic acid groups (broad SMARTS) is 1. The lowest BCUT2D eigenvalue weighted by Crippen LogP contribution is -2.43. The highest BCUT2D eigenvalue weighted by Gasteiger charge is 2.23. The number of ether oxygens (including phenoxy) is 2. The van der Waals surface area contributed by atoms with Crippen molar-refractivity contribution in [2.24, 2.45) is 0 Å². The third kappa shape index (κ3) is 3.61. The minimum absolute atomic E-state index is 0.0958. The minimum atomic E-state index is -1.39. The van der Waals surface area contributed by atoms with Gasteiger partial charge in [-0.2, -0.15) is 0 Å². The van der Waals surface area contributed by atoms with Crippen LogP contribution in [0.4, 0.5) is 0 Å². The summed E-state index contributed by atoms with van der Waals surface area (Å²) in [7, 11) is 2.81. The van der Waals surface area contributed by atoms with Gasteiger partial charge in [-0.25, -0.2) is 4.79 Å². The van der Waals surface area contributed by atoms with Crippen molar-refractivity contribution in [1.82, 2.24) is 5.32 Å². The van der Waals surface area contributed by atoms with Crippen LogP contribution in [0.15, 0.2) is 16.6 Å². The monoisotopic (exact) mass is 347 g/mol. The number of benzene rings is 1. The fourth-order valence-electron chi connectivity index (χ4n) is 1.48. The summed E-state index contributed by atoms with van der Waals surface area (Å²) in [5.41, 5.74) is 0.0958. The average Bonchev–Trinajstić information content (AvgIpc) is 2.42. The summed E-state index contributed by atoms with van der Waals surface area (Å²) in [5, 5.41) is 19.9. The molecule has 1 amide bonds. The van der Waals surface area contributed by atoms with E-state index in [1.54, 1.807) is 6.07 Å². The van der Waals surface area contributed by atoms with Gasteiger partial charge in [0.1, 0.15) is 11.5 Å². The Hall–Kier alpha value is -1.80. The van der Waals surface area contributed by atoms with Gasteiger partial charge in [-0.05, 0) is 28.1 Å². The fraction of sp³-hybridized carbons (Fsp3) is 0.333. The lowest BCUT2D eigenvalue weighted by Gasteiger charge is -2.15. The summed E-state index contributed by atoms with van der Waals surface area (Å²) in [5.74, 6) is -1.38. The van der Waals surface area contributed by atoms with Crippen LogP contribution in [0, 0.1) is 0 Å². The predicted octanol–water partition coefficient (Wildman–Crippen LogP) is 0.642. The number of hydrogen-bond acceptors (Lipinski definition) is 5. The number of nitrogens with one attached hydrogen (secondary N) is 1. The second-order valence-electron chi connectivity index (χ2n) is 3.74. The number of aliphatic hydroxyl groups is 1. The largest absolute Gasteiger partial charge is 0.497 e. The van der Waals surface area contributed by atoms with Crippen LogP contribution in [-0.4, -0.2) is 49.0 Å². The van der Waals surface area contributed by atoms with Crippen molar-refractivity contribution in [3.63, 3.8) is 0 Å². The molecule has 0 radical (unpaired) electrons. The number of carbonyl (C=O) groups is 2. The van der Waals surface area contributed by atoms with Crippen molar-refractivity contribution in [3.8, 4) is 11.5 Å². The summed E-state index contributed by atoms with van der Waals surface area (Å²) < 4.78 is 10.6. The molecule has 1 aromatic carbocycles. The van der Waals surface area contributed by atoms with Crippen LogP contribution in [0.25, 0.3) is 0 Å². The summed E-state index contributed by atoms with van der Waals surface area (Å²) in [4.78, 5) is 22.9. The molecule has 0 aliphatic heterocycles. The van der Waals surface area contributed by atoms with E-state index in [0.717, 1.165) is 0 Å². The molecule has 0 fully saturated rings. The topological polar surface area (TPSA) is 105 Å². The van der Waals surface area contributed by atoms with Crippen molar-refractivity contribution >= 4 is 27.8 Å². The molecule has 0 aliphatic carbocycles. The molecule has 0 bridgehead atoms. The molecule has 0 spiro atoms. The minimum Gasteiger partial charge on any atom is -0.497 e. The van der Waals surface area contributed by atoms with E-state index in [2.05, 4.69) is 21.2 Å². The molecule has 1 rings (SSSR count). The van der Waals surface area contributed by atoms with Crippen LogP contribution < -0.4 is 14.8 Å². The molecule has 0 aromatic heterocycles. The first-order valence-corrected chi connectivity index (χ1v) is 6.30. The summed E-state index contributed by atoms with van der Waals surface area (Å²) in [6.45, 7) is -0.714. The molecule has 0 saturated carbocycles. The van der Waals surface area contributed by atoms with Crippen LogP contribution in [0.2, 0.25) is 0 Å². The second-order valence-corrected chi connectivity index (χ2v) is 4.59. The lowest BCUT2D eigenvalue weighted by atomic mass is 10.1. The number of halogens is 1. The van der Waals surface area contributed by atoms with Crippen LogP contribution in [-0.2, 0) is 4.79 Å². The predicted molar refractivity (Wildman–Crippen MR) is 73.2 cm³/mol. The second kappa shape index (κ2) is 7.11. The standard InChI is InChI=1S/C12H14BrNO6/c1-19-6-3-7(10(20-2)8(13)4-6)11(16)14-9(5-15)12(17)18/h3-4,9,15H,5H2,1-2H3,(H,14,16)(H,17,18). The maximum Gasteiger partial charge on any atom is 0.328 e. The normalized spacial score (nSPS) is 11.6. The molecule has 110 valence electrons. The SMILES string of the molecule is COc1cc(Br)c(OC)c(C(=O)NC(CO)C(=O)O)c1. The molecule has 1 aromatic rings. The lowest BCUT2D eigenvalue weighted by molar-refractivity contribution is -0.140. The Kier molecular flexibility index (Phi) is 5.78. The van der Waals surface area contributed by atoms with Crippen LogP contribution in [0.3, 0.4) is 0 Å². The highest BCUT2D eigenvalue weighted by molar-refractivity contribution is 9.10. The van der Waals surface area contributed by atoms with Gasteiger partial charge in [-0.1, -0.05) is 0 Å². The molecule has 7 nitrogen and oxygen atoms in total. The van der Waals surface area contributed by atoms with E-state index in [4.69, 9.17) is 19.7 Å². The Morgan fingerprint density at radius 1 is 1.35 bits per heavy atom. The number of hydrogen-bond donors (Lipinski definition) is 3. The first-order chi connectivity index (χ1) is 9.44. The van der Waals surface area contributed by atoms with Gasteiger partial charge in [0.05, 0.1) is 30.9 Å². The average molecular weight is 348 g/mol. The Labute approximate surface area is 123 Å². The molecule has 20 heavy (non-hydrogen) atoms. The number of aliphatic carboxylic acids is 1. The number of carbonyl (C=O) groups excluding carboxylic acids is 1. The maximum absolute atomic E-state index is 12.1. The Morgan fingerprint density at radius 3 is 2.45 bits per heavy atom. The Bertz CT molecular complexity index is 519. The van der Waals surface area contributed by atoms with E-state index in [0.29, 0.717) is 10.2 Å². The molecule has 3 N–H and O–H groups in total. The third-order valence-electron chi connectivity index (χ3n) is 2.49. The molecular weight excluding hydrogens is 334 g/mol. The molecular formula is C12H14BrNO6. The summed E-state index contributed by atoms with van der Waals surface area (Å²) in [6, 6.07) is 1.63. The van der Waals surface area contributed by atoms with E-state index in [1.807, 2.05) is 0 Å². The van der Waals surface area contributed by atoms with Crippen LogP contribution in [0.5, 0.6) is 11.5 Å². The number of aliphatic hydroxyl groups excluding tert-OH is 1.